The number of carbonyl (C=O) groups excluding carboxylic acids is 1. The highest BCUT2D eigenvalue weighted by Gasteiger charge is 2.09. The van der Waals surface area contributed by atoms with Crippen LogP contribution < -0.4 is 5.73 Å². The maximum atomic E-state index is 10.6. The lowest BCUT2D eigenvalue weighted by Crippen LogP contribution is -2.12. The second-order valence-electron chi connectivity index (χ2n) is 3.86. The van der Waals surface area contributed by atoms with Gasteiger partial charge >= 0.3 is 0 Å². The molecule has 1 rings (SSSR count). The van der Waals surface area contributed by atoms with Gasteiger partial charge in [-0.1, -0.05) is 18.2 Å². The number of primary amides is 1. The number of aliphatic hydroxyl groups excluding tert-OH is 1. The molecule has 1 aromatic carbocycles. The zero-order chi connectivity index (χ0) is 11.4. The van der Waals surface area contributed by atoms with Crippen LogP contribution in [0.4, 0.5) is 0 Å². The van der Waals surface area contributed by atoms with Crippen molar-refractivity contribution in [3.05, 3.63) is 34.9 Å². The molecule has 0 bridgehead atoms. The Bertz CT molecular complexity index is 361. The molecular formula is C12H17NO2. The van der Waals surface area contributed by atoms with E-state index in [-0.39, 0.29) is 12.3 Å². The quantitative estimate of drug-likeness (QED) is 0.787. The van der Waals surface area contributed by atoms with Crippen LogP contribution in [-0.2, 0) is 4.79 Å². The summed E-state index contributed by atoms with van der Waals surface area (Å²) in [7, 11) is 0. The molecule has 0 saturated carbocycles. The first-order valence-corrected chi connectivity index (χ1v) is 5.04. The van der Waals surface area contributed by atoms with Gasteiger partial charge in [-0.15, -0.1) is 0 Å². The summed E-state index contributed by atoms with van der Waals surface area (Å²) in [6.45, 7) is 4.02. The van der Waals surface area contributed by atoms with Crippen molar-refractivity contribution in [1.82, 2.24) is 0 Å². The second kappa shape index (κ2) is 4.94. The zero-order valence-electron chi connectivity index (χ0n) is 9.16. The van der Waals surface area contributed by atoms with Crippen LogP contribution in [0.15, 0.2) is 18.2 Å². The normalized spacial score (nSPS) is 12.5. The Kier molecular flexibility index (Phi) is 3.86. The molecule has 0 aromatic heterocycles. The molecule has 1 atom stereocenters. The van der Waals surface area contributed by atoms with Crippen molar-refractivity contribution in [3.63, 3.8) is 0 Å². The minimum absolute atomic E-state index is 0.216. The van der Waals surface area contributed by atoms with Gasteiger partial charge in [-0.2, -0.15) is 0 Å². The predicted molar refractivity (Wildman–Crippen MR) is 59.3 cm³/mol. The van der Waals surface area contributed by atoms with Gasteiger partial charge < -0.3 is 10.8 Å². The molecule has 0 spiro atoms. The Morgan fingerprint density at radius 2 is 2.07 bits per heavy atom. The van der Waals surface area contributed by atoms with Crippen LogP contribution in [0.2, 0.25) is 0 Å². The molecule has 3 nitrogen and oxygen atoms in total. The molecule has 1 amide bonds. The Morgan fingerprint density at radius 3 is 2.60 bits per heavy atom. The molecule has 3 N–H and O–H groups in total. The lowest BCUT2D eigenvalue weighted by molar-refractivity contribution is -0.118. The van der Waals surface area contributed by atoms with Crippen molar-refractivity contribution in [1.29, 1.82) is 0 Å². The van der Waals surface area contributed by atoms with E-state index in [0.29, 0.717) is 6.42 Å². The fraction of sp³-hybridized carbons (Fsp3) is 0.417. The first-order chi connectivity index (χ1) is 7.00. The summed E-state index contributed by atoms with van der Waals surface area (Å²) in [5.41, 5.74) is 8.21. The molecule has 0 heterocycles. The highest BCUT2D eigenvalue weighted by atomic mass is 16.3. The molecule has 0 aliphatic heterocycles. The van der Waals surface area contributed by atoms with Crippen molar-refractivity contribution >= 4 is 5.91 Å². The summed E-state index contributed by atoms with van der Waals surface area (Å²) < 4.78 is 0. The fourth-order valence-corrected chi connectivity index (χ4v) is 1.42. The number of aryl methyl sites for hydroxylation is 2. The molecule has 1 aromatic rings. The van der Waals surface area contributed by atoms with Crippen LogP contribution in [0.5, 0.6) is 0 Å². The van der Waals surface area contributed by atoms with Gasteiger partial charge in [0.2, 0.25) is 5.91 Å². The number of rotatable bonds is 4. The van der Waals surface area contributed by atoms with Crippen LogP contribution >= 0.6 is 0 Å². The Balaban J connectivity index is 2.69. The molecule has 0 aliphatic rings. The van der Waals surface area contributed by atoms with Crippen LogP contribution in [0.1, 0.15) is 35.6 Å². The Labute approximate surface area is 89.9 Å². The van der Waals surface area contributed by atoms with Crippen molar-refractivity contribution in [2.75, 3.05) is 0 Å². The standard InChI is InChI=1S/C12H17NO2/c1-8-3-4-10(7-9(8)2)11(14)5-6-12(13)15/h3-4,7,11,14H,5-6H2,1-2H3,(H2,13,15). The summed E-state index contributed by atoms with van der Waals surface area (Å²) >= 11 is 0. The number of hydrogen-bond donors (Lipinski definition) is 2. The van der Waals surface area contributed by atoms with E-state index in [4.69, 9.17) is 5.73 Å². The third kappa shape index (κ3) is 3.36. The largest absolute Gasteiger partial charge is 0.388 e. The summed E-state index contributed by atoms with van der Waals surface area (Å²) in [5.74, 6) is -0.377. The van der Waals surface area contributed by atoms with Crippen molar-refractivity contribution < 1.29 is 9.90 Å². The predicted octanol–water partition coefficient (Wildman–Crippen LogP) is 1.60. The average Bonchev–Trinajstić information content (AvgIpc) is 2.18. The lowest BCUT2D eigenvalue weighted by Gasteiger charge is -2.11. The molecule has 0 fully saturated rings. The first kappa shape index (κ1) is 11.7. The van der Waals surface area contributed by atoms with Crippen LogP contribution in [0.25, 0.3) is 0 Å². The summed E-state index contributed by atoms with van der Waals surface area (Å²) in [6, 6.07) is 5.80. The van der Waals surface area contributed by atoms with Gasteiger partial charge in [0.15, 0.2) is 0 Å². The topological polar surface area (TPSA) is 63.3 Å². The third-order valence-electron chi connectivity index (χ3n) is 2.58. The number of aliphatic hydroxyl groups is 1. The SMILES string of the molecule is Cc1ccc(C(O)CCC(N)=O)cc1C. The van der Waals surface area contributed by atoms with Crippen LogP contribution in [-0.4, -0.2) is 11.0 Å². The van der Waals surface area contributed by atoms with E-state index in [9.17, 15) is 9.90 Å². The lowest BCUT2D eigenvalue weighted by atomic mass is 10.00. The van der Waals surface area contributed by atoms with E-state index >= 15 is 0 Å². The maximum Gasteiger partial charge on any atom is 0.217 e. The van der Waals surface area contributed by atoms with Crippen LogP contribution in [0, 0.1) is 13.8 Å². The average molecular weight is 207 g/mol. The highest BCUT2D eigenvalue weighted by molar-refractivity contribution is 5.73. The number of amides is 1. The molecule has 0 radical (unpaired) electrons. The van der Waals surface area contributed by atoms with Gasteiger partial charge in [-0.3, -0.25) is 4.79 Å². The Hall–Kier alpha value is -1.35. The summed E-state index contributed by atoms with van der Waals surface area (Å²) in [4.78, 5) is 10.6. The monoisotopic (exact) mass is 207 g/mol. The van der Waals surface area contributed by atoms with Gasteiger partial charge in [0.1, 0.15) is 0 Å². The number of benzene rings is 1. The van der Waals surface area contributed by atoms with Crippen molar-refractivity contribution in [2.24, 2.45) is 5.73 Å². The number of carbonyl (C=O) groups is 1. The van der Waals surface area contributed by atoms with E-state index in [1.54, 1.807) is 0 Å². The molecular weight excluding hydrogens is 190 g/mol. The first-order valence-electron chi connectivity index (χ1n) is 5.04. The van der Waals surface area contributed by atoms with E-state index in [1.807, 2.05) is 32.0 Å². The van der Waals surface area contributed by atoms with E-state index in [2.05, 4.69) is 0 Å². The van der Waals surface area contributed by atoms with E-state index < -0.39 is 6.10 Å². The molecule has 0 aliphatic carbocycles. The Morgan fingerprint density at radius 1 is 1.40 bits per heavy atom. The maximum absolute atomic E-state index is 10.6. The van der Waals surface area contributed by atoms with Gasteiger partial charge in [-0.25, -0.2) is 0 Å². The molecule has 3 heteroatoms. The minimum Gasteiger partial charge on any atom is -0.388 e. The van der Waals surface area contributed by atoms with Crippen molar-refractivity contribution in [3.8, 4) is 0 Å². The van der Waals surface area contributed by atoms with E-state index in [0.717, 1.165) is 11.1 Å². The highest BCUT2D eigenvalue weighted by Crippen LogP contribution is 2.20. The molecule has 15 heavy (non-hydrogen) atoms. The van der Waals surface area contributed by atoms with E-state index in [1.165, 1.54) is 5.56 Å². The van der Waals surface area contributed by atoms with Crippen molar-refractivity contribution in [2.45, 2.75) is 32.8 Å². The third-order valence-corrected chi connectivity index (χ3v) is 2.58. The minimum atomic E-state index is -0.600. The zero-order valence-corrected chi connectivity index (χ0v) is 9.16. The number of nitrogens with two attached hydrogens (primary N) is 1. The molecule has 0 saturated heterocycles. The van der Waals surface area contributed by atoms with Gasteiger partial charge in [0.05, 0.1) is 6.10 Å². The smallest absolute Gasteiger partial charge is 0.217 e. The molecule has 82 valence electrons. The van der Waals surface area contributed by atoms with Crippen LogP contribution in [0.3, 0.4) is 0 Å². The fourth-order valence-electron chi connectivity index (χ4n) is 1.42. The van der Waals surface area contributed by atoms with Gasteiger partial charge in [-0.05, 0) is 37.0 Å². The summed E-state index contributed by atoms with van der Waals surface area (Å²) in [5, 5.41) is 9.78. The summed E-state index contributed by atoms with van der Waals surface area (Å²) in [6.07, 6.45) is 0.00292. The van der Waals surface area contributed by atoms with Gasteiger partial charge in [0, 0.05) is 6.42 Å². The second-order valence-corrected chi connectivity index (χ2v) is 3.86. The molecule has 1 unspecified atom stereocenters. The number of hydrogen-bond acceptors (Lipinski definition) is 2. The van der Waals surface area contributed by atoms with Gasteiger partial charge in [0.25, 0.3) is 0 Å².